The van der Waals surface area contributed by atoms with E-state index in [9.17, 15) is 9.59 Å². The number of nitrogens with zero attached hydrogens (tertiary/aromatic N) is 2. The Morgan fingerprint density at radius 3 is 2.77 bits per heavy atom. The first-order valence-electron chi connectivity index (χ1n) is 9.72. The summed E-state index contributed by atoms with van der Waals surface area (Å²) in [6.45, 7) is 1.53. The number of carbonyl (C=O) groups is 2. The topological polar surface area (TPSA) is 84.7 Å². The minimum atomic E-state index is 0.135. The largest absolute Gasteiger partial charge is 0.381 e. The number of piperidine rings is 1. The van der Waals surface area contributed by atoms with Gasteiger partial charge in [-0.2, -0.15) is 0 Å². The molecule has 1 N–H and O–H groups in total. The lowest BCUT2D eigenvalue weighted by Crippen LogP contribution is -2.53. The van der Waals surface area contributed by atoms with Crippen LogP contribution in [0.1, 0.15) is 44.1 Å². The van der Waals surface area contributed by atoms with Crippen molar-refractivity contribution in [2.24, 2.45) is 11.3 Å². The van der Waals surface area contributed by atoms with Crippen molar-refractivity contribution in [3.05, 3.63) is 18.0 Å². The van der Waals surface area contributed by atoms with Gasteiger partial charge in [0.1, 0.15) is 6.26 Å². The first-order valence-corrected chi connectivity index (χ1v) is 9.72. The lowest BCUT2D eigenvalue weighted by molar-refractivity contribution is -0.135. The molecule has 1 aromatic rings. The smallest absolute Gasteiger partial charge is 0.227 e. The summed E-state index contributed by atoms with van der Waals surface area (Å²) in [6, 6.07) is 0.684. The van der Waals surface area contributed by atoms with Gasteiger partial charge in [0.25, 0.3) is 0 Å². The second kappa shape index (κ2) is 6.08. The molecule has 7 heteroatoms. The van der Waals surface area contributed by atoms with Gasteiger partial charge in [0.05, 0.1) is 19.2 Å². The molecule has 4 heterocycles. The van der Waals surface area contributed by atoms with Crippen molar-refractivity contribution in [2.75, 3.05) is 13.2 Å². The molecule has 3 saturated heterocycles. The van der Waals surface area contributed by atoms with Gasteiger partial charge in [-0.15, -0.1) is 0 Å². The number of nitrogens with one attached hydrogen (secondary N) is 1. The molecule has 1 aliphatic carbocycles. The lowest BCUT2D eigenvalue weighted by Gasteiger charge is -2.39. The second-order valence-electron chi connectivity index (χ2n) is 8.49. The maximum Gasteiger partial charge on any atom is 0.227 e. The average Bonchev–Trinajstić information content (AvgIpc) is 2.98. The third kappa shape index (κ3) is 2.73. The molecule has 2 bridgehead atoms. The van der Waals surface area contributed by atoms with Crippen molar-refractivity contribution in [2.45, 2.75) is 63.1 Å². The van der Waals surface area contributed by atoms with Crippen LogP contribution in [0.5, 0.6) is 0 Å². The van der Waals surface area contributed by atoms with Crippen LogP contribution in [0.4, 0.5) is 0 Å². The van der Waals surface area contributed by atoms with Crippen LogP contribution in [-0.4, -0.2) is 53.2 Å². The number of rotatable bonds is 4. The van der Waals surface area contributed by atoms with Crippen LogP contribution in [0.3, 0.4) is 0 Å². The highest BCUT2D eigenvalue weighted by Gasteiger charge is 2.60. The molecule has 4 aliphatic rings. The van der Waals surface area contributed by atoms with E-state index >= 15 is 0 Å². The van der Waals surface area contributed by atoms with E-state index in [1.54, 1.807) is 6.20 Å². The van der Waals surface area contributed by atoms with E-state index in [1.807, 2.05) is 0 Å². The zero-order valence-corrected chi connectivity index (χ0v) is 14.9. The van der Waals surface area contributed by atoms with Crippen LogP contribution < -0.4 is 5.32 Å². The minimum Gasteiger partial charge on any atom is -0.381 e. The first kappa shape index (κ1) is 16.3. The highest BCUT2D eigenvalue weighted by molar-refractivity contribution is 5.83. The molecule has 4 fully saturated rings. The third-order valence-corrected chi connectivity index (χ3v) is 6.85. The van der Waals surface area contributed by atoms with E-state index in [0.717, 1.165) is 57.3 Å². The molecule has 1 aromatic heterocycles. The van der Waals surface area contributed by atoms with Gasteiger partial charge >= 0.3 is 0 Å². The number of ether oxygens (including phenoxy) is 1. The quantitative estimate of drug-likeness (QED) is 0.875. The predicted octanol–water partition coefficient (Wildman–Crippen LogP) is 1.28. The van der Waals surface area contributed by atoms with E-state index < -0.39 is 0 Å². The summed E-state index contributed by atoms with van der Waals surface area (Å²) in [5, 5.41) is 6.95. The lowest BCUT2D eigenvalue weighted by atomic mass is 9.95. The van der Waals surface area contributed by atoms with Crippen molar-refractivity contribution < 1.29 is 18.8 Å². The third-order valence-electron chi connectivity index (χ3n) is 6.85. The zero-order chi connectivity index (χ0) is 17.7. The summed E-state index contributed by atoms with van der Waals surface area (Å²) in [6.07, 6.45) is 9.28. The van der Waals surface area contributed by atoms with Gasteiger partial charge in [0.15, 0.2) is 0 Å². The fraction of sp³-hybridized carbons (Fsp3) is 0.737. The summed E-state index contributed by atoms with van der Waals surface area (Å²) in [5.74, 6) is 0.481. The fourth-order valence-electron chi connectivity index (χ4n) is 5.36. The van der Waals surface area contributed by atoms with Crippen molar-refractivity contribution in [1.29, 1.82) is 0 Å². The normalized spacial score (nSPS) is 37.9. The Morgan fingerprint density at radius 1 is 1.31 bits per heavy atom. The van der Waals surface area contributed by atoms with Gasteiger partial charge in [-0.05, 0) is 38.5 Å². The molecule has 26 heavy (non-hydrogen) atoms. The summed E-state index contributed by atoms with van der Waals surface area (Å²) in [4.78, 5) is 27.4. The Labute approximate surface area is 152 Å². The molecule has 0 aromatic carbocycles. The van der Waals surface area contributed by atoms with Gasteiger partial charge in [0, 0.05) is 41.6 Å². The molecule has 2 amide bonds. The molecule has 1 spiro atoms. The summed E-state index contributed by atoms with van der Waals surface area (Å²) < 4.78 is 10.3. The molecule has 3 unspecified atom stereocenters. The molecular weight excluding hydrogens is 334 g/mol. The highest BCUT2D eigenvalue weighted by atomic mass is 16.5. The monoisotopic (exact) mass is 359 g/mol. The zero-order valence-electron chi connectivity index (χ0n) is 14.9. The maximum absolute atomic E-state index is 12.7. The first-order chi connectivity index (χ1) is 12.6. The Bertz CT molecular complexity index is 684. The molecule has 7 nitrogen and oxygen atoms in total. The van der Waals surface area contributed by atoms with Crippen LogP contribution in [-0.2, 0) is 20.7 Å². The Morgan fingerprint density at radius 2 is 2.12 bits per heavy atom. The van der Waals surface area contributed by atoms with E-state index in [-0.39, 0.29) is 41.3 Å². The Balaban J connectivity index is 1.18. The SMILES string of the molecule is O=C(NC1C[C@H]2CC[C@@H](C1)N2C(=O)Cc1cnoc1)C1CC12CCOC2. The summed E-state index contributed by atoms with van der Waals surface area (Å²) >= 11 is 0. The van der Waals surface area contributed by atoms with Gasteiger partial charge in [0.2, 0.25) is 11.8 Å². The molecule has 140 valence electrons. The van der Waals surface area contributed by atoms with Crippen LogP contribution in [0.15, 0.2) is 17.0 Å². The predicted molar refractivity (Wildman–Crippen MR) is 91.0 cm³/mol. The van der Waals surface area contributed by atoms with Crippen molar-refractivity contribution in [1.82, 2.24) is 15.4 Å². The minimum absolute atomic E-state index is 0.135. The van der Waals surface area contributed by atoms with Crippen molar-refractivity contribution in [3.8, 4) is 0 Å². The number of carbonyl (C=O) groups excluding carboxylic acids is 2. The van der Waals surface area contributed by atoms with Gasteiger partial charge in [-0.3, -0.25) is 9.59 Å². The molecular formula is C19H25N3O4. The molecule has 3 aliphatic heterocycles. The Hall–Kier alpha value is -1.89. The number of aromatic nitrogens is 1. The summed E-state index contributed by atoms with van der Waals surface area (Å²) in [7, 11) is 0. The Kier molecular flexibility index (Phi) is 3.81. The van der Waals surface area contributed by atoms with Crippen molar-refractivity contribution >= 4 is 11.8 Å². The van der Waals surface area contributed by atoms with Crippen LogP contribution in [0, 0.1) is 11.3 Å². The van der Waals surface area contributed by atoms with E-state index in [0.29, 0.717) is 6.42 Å². The van der Waals surface area contributed by atoms with E-state index in [1.165, 1.54) is 6.26 Å². The average molecular weight is 359 g/mol. The van der Waals surface area contributed by atoms with Gasteiger partial charge in [-0.1, -0.05) is 5.16 Å². The second-order valence-corrected chi connectivity index (χ2v) is 8.49. The number of fused-ring (bicyclic) bond motifs is 2. The van der Waals surface area contributed by atoms with Crippen LogP contribution in [0.25, 0.3) is 0 Å². The van der Waals surface area contributed by atoms with Crippen LogP contribution >= 0.6 is 0 Å². The van der Waals surface area contributed by atoms with E-state index in [2.05, 4.69) is 15.4 Å². The highest BCUT2D eigenvalue weighted by Crippen LogP contribution is 2.58. The summed E-state index contributed by atoms with van der Waals surface area (Å²) in [5.41, 5.74) is 0.959. The molecule has 5 atom stereocenters. The maximum atomic E-state index is 12.7. The number of amides is 2. The molecule has 5 rings (SSSR count). The number of hydrogen-bond acceptors (Lipinski definition) is 5. The number of hydrogen-bond donors (Lipinski definition) is 1. The van der Waals surface area contributed by atoms with Gasteiger partial charge < -0.3 is 19.5 Å². The molecule has 1 saturated carbocycles. The van der Waals surface area contributed by atoms with Crippen LogP contribution in [0.2, 0.25) is 0 Å². The van der Waals surface area contributed by atoms with Gasteiger partial charge in [-0.25, -0.2) is 0 Å². The molecule has 0 radical (unpaired) electrons. The van der Waals surface area contributed by atoms with E-state index in [4.69, 9.17) is 9.26 Å². The van der Waals surface area contributed by atoms with Crippen molar-refractivity contribution in [3.63, 3.8) is 0 Å². The standard InChI is InChI=1S/C19H25N3O4/c23-17(5-12-9-20-26-10-12)22-14-1-2-15(22)7-13(6-14)21-18(24)16-8-19(16)3-4-25-11-19/h9-10,13-16H,1-8,11H2,(H,21,24)/t13?,14-,15+,16?,19?. The fourth-order valence-corrected chi connectivity index (χ4v) is 5.36.